The van der Waals surface area contributed by atoms with Gasteiger partial charge in [-0.3, -0.25) is 5.32 Å². The summed E-state index contributed by atoms with van der Waals surface area (Å²) >= 11 is 0. The monoisotopic (exact) mass is 249 g/mol. The number of rotatable bonds is 5. The van der Waals surface area contributed by atoms with E-state index in [1.54, 1.807) is 6.92 Å². The summed E-state index contributed by atoms with van der Waals surface area (Å²) < 4.78 is 0. The van der Waals surface area contributed by atoms with Crippen molar-refractivity contribution in [3.63, 3.8) is 0 Å². The van der Waals surface area contributed by atoms with Gasteiger partial charge in [0.1, 0.15) is 5.54 Å². The lowest BCUT2D eigenvalue weighted by atomic mass is 9.86. The van der Waals surface area contributed by atoms with Crippen LogP contribution in [0, 0.1) is 13.8 Å². The Hall–Kier alpha value is -1.35. The standard InChI is InChI=1S/C15H23NO2/c1-6-12(4)16-15(5,14(17)18)13-9-10(2)7-8-11(13)3/h7-9,12,16H,6H2,1-5H3,(H,17,18). The Morgan fingerprint density at radius 3 is 2.56 bits per heavy atom. The van der Waals surface area contributed by atoms with Crippen LogP contribution in [0.4, 0.5) is 0 Å². The molecule has 0 aromatic heterocycles. The molecule has 0 fully saturated rings. The van der Waals surface area contributed by atoms with Gasteiger partial charge in [-0.25, -0.2) is 4.79 Å². The van der Waals surface area contributed by atoms with Crippen LogP contribution in [0.2, 0.25) is 0 Å². The van der Waals surface area contributed by atoms with Crippen LogP contribution >= 0.6 is 0 Å². The molecule has 0 aliphatic carbocycles. The molecule has 3 heteroatoms. The van der Waals surface area contributed by atoms with Crippen LogP contribution in [0.15, 0.2) is 18.2 Å². The Kier molecular flexibility index (Phi) is 4.52. The lowest BCUT2D eigenvalue weighted by Crippen LogP contribution is -2.50. The number of hydrogen-bond acceptors (Lipinski definition) is 2. The number of nitrogens with one attached hydrogen (secondary N) is 1. The summed E-state index contributed by atoms with van der Waals surface area (Å²) in [5.74, 6) is -0.837. The molecular weight excluding hydrogens is 226 g/mol. The van der Waals surface area contributed by atoms with E-state index in [0.29, 0.717) is 0 Å². The zero-order valence-electron chi connectivity index (χ0n) is 11.9. The van der Waals surface area contributed by atoms with Gasteiger partial charge in [-0.2, -0.15) is 0 Å². The third kappa shape index (κ3) is 2.91. The normalized spacial score (nSPS) is 16.1. The van der Waals surface area contributed by atoms with Gasteiger partial charge in [-0.1, -0.05) is 30.7 Å². The van der Waals surface area contributed by atoms with Crippen LogP contribution in [-0.2, 0) is 10.3 Å². The first-order chi connectivity index (χ1) is 8.31. The molecule has 0 heterocycles. The quantitative estimate of drug-likeness (QED) is 0.843. The zero-order chi connectivity index (χ0) is 13.9. The highest BCUT2D eigenvalue weighted by Gasteiger charge is 2.37. The number of benzene rings is 1. The number of aliphatic carboxylic acids is 1. The Bertz CT molecular complexity index is 442. The number of carboxylic acid groups (broad SMARTS) is 1. The highest BCUT2D eigenvalue weighted by Crippen LogP contribution is 2.26. The second kappa shape index (κ2) is 5.53. The maximum Gasteiger partial charge on any atom is 0.328 e. The van der Waals surface area contributed by atoms with E-state index >= 15 is 0 Å². The average molecular weight is 249 g/mol. The van der Waals surface area contributed by atoms with Crippen molar-refractivity contribution in [3.8, 4) is 0 Å². The minimum absolute atomic E-state index is 0.158. The molecule has 0 saturated carbocycles. The fraction of sp³-hybridized carbons (Fsp3) is 0.533. The number of hydrogen-bond donors (Lipinski definition) is 2. The molecule has 0 radical (unpaired) electrons. The Labute approximate surface area is 109 Å². The Morgan fingerprint density at radius 2 is 2.06 bits per heavy atom. The molecule has 2 N–H and O–H groups in total. The van der Waals surface area contributed by atoms with Crippen molar-refractivity contribution < 1.29 is 9.90 Å². The minimum Gasteiger partial charge on any atom is -0.480 e. The van der Waals surface area contributed by atoms with Crippen molar-refractivity contribution in [3.05, 3.63) is 34.9 Å². The van der Waals surface area contributed by atoms with Crippen molar-refractivity contribution in [1.82, 2.24) is 5.32 Å². The van der Waals surface area contributed by atoms with Crippen molar-refractivity contribution in [1.29, 1.82) is 0 Å². The first-order valence-corrected chi connectivity index (χ1v) is 6.40. The molecule has 2 atom stereocenters. The van der Waals surface area contributed by atoms with Crippen LogP contribution in [0.1, 0.15) is 43.9 Å². The van der Waals surface area contributed by atoms with Gasteiger partial charge in [0.05, 0.1) is 0 Å². The van der Waals surface area contributed by atoms with E-state index in [1.165, 1.54) is 0 Å². The van der Waals surface area contributed by atoms with E-state index in [0.717, 1.165) is 23.1 Å². The summed E-state index contributed by atoms with van der Waals surface area (Å²) in [6.07, 6.45) is 0.897. The summed E-state index contributed by atoms with van der Waals surface area (Å²) in [5.41, 5.74) is 1.89. The Balaban J connectivity index is 3.26. The lowest BCUT2D eigenvalue weighted by molar-refractivity contribution is -0.145. The maximum atomic E-state index is 11.7. The van der Waals surface area contributed by atoms with Gasteiger partial charge in [0.15, 0.2) is 0 Å². The molecule has 0 bridgehead atoms. The molecule has 18 heavy (non-hydrogen) atoms. The molecule has 0 aliphatic heterocycles. The van der Waals surface area contributed by atoms with E-state index < -0.39 is 11.5 Å². The van der Waals surface area contributed by atoms with E-state index in [4.69, 9.17) is 0 Å². The third-order valence-corrected chi connectivity index (χ3v) is 3.51. The van der Waals surface area contributed by atoms with Crippen LogP contribution in [0.5, 0.6) is 0 Å². The highest BCUT2D eigenvalue weighted by molar-refractivity contribution is 5.81. The summed E-state index contributed by atoms with van der Waals surface area (Å²) in [4.78, 5) is 11.7. The number of aryl methyl sites for hydroxylation is 2. The van der Waals surface area contributed by atoms with Gasteiger partial charge in [0.25, 0.3) is 0 Å². The van der Waals surface area contributed by atoms with E-state index in [9.17, 15) is 9.90 Å². The second-order valence-electron chi connectivity index (χ2n) is 5.20. The average Bonchev–Trinajstić information content (AvgIpc) is 2.31. The third-order valence-electron chi connectivity index (χ3n) is 3.51. The van der Waals surface area contributed by atoms with Crippen molar-refractivity contribution >= 4 is 5.97 Å². The molecule has 1 aromatic rings. The molecule has 100 valence electrons. The summed E-state index contributed by atoms with van der Waals surface area (Å²) in [7, 11) is 0. The highest BCUT2D eigenvalue weighted by atomic mass is 16.4. The largest absolute Gasteiger partial charge is 0.480 e. The minimum atomic E-state index is -1.04. The van der Waals surface area contributed by atoms with Crippen LogP contribution in [0.3, 0.4) is 0 Å². The van der Waals surface area contributed by atoms with Crippen LogP contribution in [0.25, 0.3) is 0 Å². The number of carboxylic acids is 1. The Morgan fingerprint density at radius 1 is 1.44 bits per heavy atom. The van der Waals surface area contributed by atoms with E-state index in [1.807, 2.05) is 45.9 Å². The second-order valence-corrected chi connectivity index (χ2v) is 5.20. The first kappa shape index (κ1) is 14.7. The topological polar surface area (TPSA) is 49.3 Å². The van der Waals surface area contributed by atoms with Gasteiger partial charge >= 0.3 is 5.97 Å². The molecule has 0 spiro atoms. The van der Waals surface area contributed by atoms with Crippen LogP contribution in [-0.4, -0.2) is 17.1 Å². The molecule has 0 saturated heterocycles. The predicted molar refractivity (Wildman–Crippen MR) is 73.8 cm³/mol. The fourth-order valence-electron chi connectivity index (χ4n) is 2.12. The molecule has 1 rings (SSSR count). The van der Waals surface area contributed by atoms with Gasteiger partial charge in [-0.15, -0.1) is 0 Å². The van der Waals surface area contributed by atoms with E-state index in [2.05, 4.69) is 5.32 Å². The van der Waals surface area contributed by atoms with E-state index in [-0.39, 0.29) is 6.04 Å². The predicted octanol–water partition coefficient (Wildman–Crippen LogP) is 2.99. The molecule has 1 aromatic carbocycles. The summed E-state index contributed by atoms with van der Waals surface area (Å²) in [5, 5.41) is 12.8. The van der Waals surface area contributed by atoms with Crippen molar-refractivity contribution in [2.75, 3.05) is 0 Å². The molecule has 2 unspecified atom stereocenters. The van der Waals surface area contributed by atoms with Gasteiger partial charge in [0.2, 0.25) is 0 Å². The van der Waals surface area contributed by atoms with Crippen molar-refractivity contribution in [2.45, 2.75) is 52.6 Å². The number of carbonyl (C=O) groups is 1. The summed E-state index contributed by atoms with van der Waals surface area (Å²) in [6.45, 7) is 9.72. The maximum absolute atomic E-state index is 11.7. The zero-order valence-corrected chi connectivity index (χ0v) is 11.9. The van der Waals surface area contributed by atoms with Gasteiger partial charge < -0.3 is 5.11 Å². The van der Waals surface area contributed by atoms with Gasteiger partial charge in [0, 0.05) is 6.04 Å². The SMILES string of the molecule is CCC(C)NC(C)(C(=O)O)c1cc(C)ccc1C. The van der Waals surface area contributed by atoms with Crippen LogP contribution < -0.4 is 5.32 Å². The fourth-order valence-corrected chi connectivity index (χ4v) is 2.12. The summed E-state index contributed by atoms with van der Waals surface area (Å²) in [6, 6.07) is 6.10. The molecule has 0 amide bonds. The van der Waals surface area contributed by atoms with Gasteiger partial charge in [-0.05, 0) is 45.2 Å². The molecular formula is C15H23NO2. The smallest absolute Gasteiger partial charge is 0.328 e. The molecule has 0 aliphatic rings. The van der Waals surface area contributed by atoms with Crippen molar-refractivity contribution in [2.24, 2.45) is 0 Å². The lowest BCUT2D eigenvalue weighted by Gasteiger charge is -2.31. The molecule has 3 nitrogen and oxygen atoms in total. The first-order valence-electron chi connectivity index (χ1n) is 6.40.